The Hall–Kier alpha value is -1.26. The number of rotatable bonds is 3. The van der Waals surface area contributed by atoms with E-state index >= 15 is 0 Å². The van der Waals surface area contributed by atoms with E-state index in [2.05, 4.69) is 15.9 Å². The van der Waals surface area contributed by atoms with Crippen LogP contribution >= 0.6 is 15.9 Å². The summed E-state index contributed by atoms with van der Waals surface area (Å²) in [5, 5.41) is 0. The number of halogens is 3. The molecular formula is C14H12BrF2N. The Morgan fingerprint density at radius 3 is 2.39 bits per heavy atom. The highest BCUT2D eigenvalue weighted by Crippen LogP contribution is 2.21. The van der Waals surface area contributed by atoms with Gasteiger partial charge in [-0.05, 0) is 47.9 Å². The lowest BCUT2D eigenvalue weighted by atomic mass is 9.99. The van der Waals surface area contributed by atoms with Crippen molar-refractivity contribution in [1.82, 2.24) is 0 Å². The van der Waals surface area contributed by atoms with Gasteiger partial charge in [-0.2, -0.15) is 0 Å². The molecule has 0 heterocycles. The number of hydrogen-bond acceptors (Lipinski definition) is 1. The molecule has 2 aromatic rings. The third-order valence-corrected chi connectivity index (χ3v) is 3.24. The van der Waals surface area contributed by atoms with Crippen molar-refractivity contribution < 1.29 is 8.78 Å². The predicted molar refractivity (Wildman–Crippen MR) is 71.1 cm³/mol. The molecule has 0 saturated heterocycles. The van der Waals surface area contributed by atoms with Crippen LogP contribution in [0, 0.1) is 11.6 Å². The summed E-state index contributed by atoms with van der Waals surface area (Å²) in [6.07, 6.45) is 0.372. The smallest absolute Gasteiger partial charge is 0.126 e. The second-order valence-corrected chi connectivity index (χ2v) is 5.01. The van der Waals surface area contributed by atoms with Gasteiger partial charge in [-0.25, -0.2) is 8.78 Å². The van der Waals surface area contributed by atoms with E-state index in [9.17, 15) is 8.78 Å². The molecule has 2 rings (SSSR count). The van der Waals surface area contributed by atoms with Crippen LogP contribution in [0.15, 0.2) is 46.9 Å². The number of benzene rings is 2. The van der Waals surface area contributed by atoms with Crippen molar-refractivity contribution in [3.8, 4) is 0 Å². The first kappa shape index (κ1) is 13.2. The highest BCUT2D eigenvalue weighted by Gasteiger charge is 2.11. The summed E-state index contributed by atoms with van der Waals surface area (Å²) in [6.45, 7) is 0. The predicted octanol–water partition coefficient (Wildman–Crippen LogP) is 3.97. The first-order valence-electron chi connectivity index (χ1n) is 5.51. The van der Waals surface area contributed by atoms with Gasteiger partial charge in [0.25, 0.3) is 0 Å². The van der Waals surface area contributed by atoms with Crippen LogP contribution in [0.4, 0.5) is 8.78 Å². The minimum atomic E-state index is -0.352. The van der Waals surface area contributed by atoms with Crippen LogP contribution in [0.25, 0.3) is 0 Å². The molecule has 2 aromatic carbocycles. The monoisotopic (exact) mass is 311 g/mol. The highest BCUT2D eigenvalue weighted by atomic mass is 79.9. The molecule has 0 aromatic heterocycles. The molecule has 0 amide bonds. The van der Waals surface area contributed by atoms with Crippen molar-refractivity contribution in [1.29, 1.82) is 0 Å². The largest absolute Gasteiger partial charge is 0.324 e. The lowest BCUT2D eigenvalue weighted by Crippen LogP contribution is -2.14. The Morgan fingerprint density at radius 2 is 1.72 bits per heavy atom. The van der Waals surface area contributed by atoms with Gasteiger partial charge in [-0.3, -0.25) is 0 Å². The van der Waals surface area contributed by atoms with Crippen molar-refractivity contribution in [2.24, 2.45) is 5.73 Å². The van der Waals surface area contributed by atoms with Crippen LogP contribution in [0.5, 0.6) is 0 Å². The minimum Gasteiger partial charge on any atom is -0.324 e. The summed E-state index contributed by atoms with van der Waals surface area (Å²) in [5.74, 6) is -0.588. The van der Waals surface area contributed by atoms with Crippen molar-refractivity contribution >= 4 is 15.9 Å². The normalized spacial score (nSPS) is 12.4. The molecule has 1 nitrogen and oxygen atoms in total. The van der Waals surface area contributed by atoms with Gasteiger partial charge in [-0.15, -0.1) is 0 Å². The van der Waals surface area contributed by atoms with E-state index in [1.807, 2.05) is 0 Å². The molecule has 1 unspecified atom stereocenters. The zero-order valence-electron chi connectivity index (χ0n) is 9.54. The third-order valence-electron chi connectivity index (χ3n) is 2.75. The van der Waals surface area contributed by atoms with E-state index in [0.29, 0.717) is 12.0 Å². The zero-order chi connectivity index (χ0) is 13.1. The Bertz CT molecular complexity index is 540. The lowest BCUT2D eigenvalue weighted by Gasteiger charge is -2.13. The van der Waals surface area contributed by atoms with E-state index in [0.717, 1.165) is 10.0 Å². The van der Waals surface area contributed by atoms with Gasteiger partial charge in [0, 0.05) is 10.5 Å². The maximum absolute atomic E-state index is 13.6. The molecular weight excluding hydrogens is 300 g/mol. The van der Waals surface area contributed by atoms with Gasteiger partial charge in [-0.1, -0.05) is 28.1 Å². The fourth-order valence-corrected chi connectivity index (χ4v) is 2.17. The fourth-order valence-electron chi connectivity index (χ4n) is 1.76. The molecule has 0 aliphatic carbocycles. The molecule has 0 fully saturated rings. The van der Waals surface area contributed by atoms with Gasteiger partial charge in [0.15, 0.2) is 0 Å². The summed E-state index contributed by atoms with van der Waals surface area (Å²) in [7, 11) is 0. The van der Waals surface area contributed by atoms with E-state index in [1.165, 1.54) is 18.2 Å². The summed E-state index contributed by atoms with van der Waals surface area (Å²) in [5.41, 5.74) is 7.32. The molecule has 18 heavy (non-hydrogen) atoms. The Labute approximate surface area is 113 Å². The van der Waals surface area contributed by atoms with Crippen LogP contribution in [-0.4, -0.2) is 0 Å². The average Bonchev–Trinajstić information content (AvgIpc) is 2.34. The molecule has 0 spiro atoms. The van der Waals surface area contributed by atoms with Crippen molar-refractivity contribution in [2.45, 2.75) is 12.5 Å². The van der Waals surface area contributed by atoms with Gasteiger partial charge in [0.1, 0.15) is 11.6 Å². The fraction of sp³-hybridized carbons (Fsp3) is 0.143. The SMILES string of the molecule is NC(Cc1cc(Br)ccc1F)c1ccc(F)cc1. The molecule has 0 radical (unpaired) electrons. The maximum atomic E-state index is 13.6. The topological polar surface area (TPSA) is 26.0 Å². The average molecular weight is 312 g/mol. The second kappa shape index (κ2) is 5.59. The lowest BCUT2D eigenvalue weighted by molar-refractivity contribution is 0.591. The van der Waals surface area contributed by atoms with Crippen LogP contribution in [0.3, 0.4) is 0 Å². The van der Waals surface area contributed by atoms with E-state index < -0.39 is 0 Å². The van der Waals surface area contributed by atoms with E-state index in [4.69, 9.17) is 5.73 Å². The summed E-state index contributed by atoms with van der Waals surface area (Å²) >= 11 is 3.29. The second-order valence-electron chi connectivity index (χ2n) is 4.10. The molecule has 0 bridgehead atoms. The van der Waals surface area contributed by atoms with E-state index in [1.54, 1.807) is 24.3 Å². The zero-order valence-corrected chi connectivity index (χ0v) is 11.1. The van der Waals surface area contributed by atoms with E-state index in [-0.39, 0.29) is 17.7 Å². The van der Waals surface area contributed by atoms with Gasteiger partial charge >= 0.3 is 0 Å². The first-order valence-corrected chi connectivity index (χ1v) is 6.30. The Morgan fingerprint density at radius 1 is 1.06 bits per heavy atom. The highest BCUT2D eigenvalue weighted by molar-refractivity contribution is 9.10. The van der Waals surface area contributed by atoms with Gasteiger partial charge < -0.3 is 5.73 Å². The van der Waals surface area contributed by atoms with Crippen LogP contribution in [0.1, 0.15) is 17.2 Å². The molecule has 94 valence electrons. The summed E-state index contributed by atoms with van der Waals surface area (Å²) < 4.78 is 27.2. The van der Waals surface area contributed by atoms with Crippen molar-refractivity contribution in [2.75, 3.05) is 0 Å². The molecule has 0 aliphatic heterocycles. The number of nitrogens with two attached hydrogens (primary N) is 1. The minimum absolute atomic E-state index is 0.282. The standard InChI is InChI=1S/C14H12BrF2N/c15-11-3-6-13(17)10(7-11)8-14(18)9-1-4-12(16)5-2-9/h1-7,14H,8,18H2. The quantitative estimate of drug-likeness (QED) is 0.912. The van der Waals surface area contributed by atoms with Crippen LogP contribution < -0.4 is 5.73 Å². The molecule has 0 saturated carbocycles. The number of hydrogen-bond donors (Lipinski definition) is 1. The Kier molecular flexibility index (Phi) is 4.09. The third kappa shape index (κ3) is 3.15. The molecule has 4 heteroatoms. The van der Waals surface area contributed by atoms with Crippen molar-refractivity contribution in [3.05, 3.63) is 69.7 Å². The summed E-state index contributed by atoms with van der Waals surface area (Å²) in [6, 6.07) is 10.3. The maximum Gasteiger partial charge on any atom is 0.126 e. The van der Waals surface area contributed by atoms with Crippen LogP contribution in [-0.2, 0) is 6.42 Å². The Balaban J connectivity index is 2.18. The van der Waals surface area contributed by atoms with Crippen LogP contribution in [0.2, 0.25) is 0 Å². The van der Waals surface area contributed by atoms with Crippen molar-refractivity contribution in [3.63, 3.8) is 0 Å². The molecule has 1 atom stereocenters. The molecule has 2 N–H and O–H groups in total. The van der Waals surface area contributed by atoms with Gasteiger partial charge in [0.2, 0.25) is 0 Å². The van der Waals surface area contributed by atoms with Gasteiger partial charge in [0.05, 0.1) is 0 Å². The molecule has 0 aliphatic rings. The first-order chi connectivity index (χ1) is 8.56. The summed E-state index contributed by atoms with van der Waals surface area (Å²) in [4.78, 5) is 0.